The summed E-state index contributed by atoms with van der Waals surface area (Å²) in [6.45, 7) is 2.71. The van der Waals surface area contributed by atoms with Crippen LogP contribution in [0.5, 0.6) is 0 Å². The molecular formula is C49H90NO10P. The molecule has 4 N–H and O–H groups in total. The number of hydrogen-bond donors (Lipinski definition) is 3. The molecule has 0 radical (unpaired) electrons. The smallest absolute Gasteiger partial charge is 0.472 e. The van der Waals surface area contributed by atoms with Gasteiger partial charge in [0.25, 0.3) is 0 Å². The molecule has 0 fully saturated rings. The Labute approximate surface area is 372 Å². The van der Waals surface area contributed by atoms with Crippen LogP contribution >= 0.6 is 7.82 Å². The third-order valence-electron chi connectivity index (χ3n) is 10.7. The Morgan fingerprint density at radius 2 is 0.918 bits per heavy atom. The van der Waals surface area contributed by atoms with Gasteiger partial charge in [0, 0.05) is 12.8 Å². The van der Waals surface area contributed by atoms with Crippen LogP contribution in [0.4, 0.5) is 0 Å². The lowest BCUT2D eigenvalue weighted by atomic mass is 10.0. The zero-order chi connectivity index (χ0) is 44.9. The van der Waals surface area contributed by atoms with Gasteiger partial charge in [0.1, 0.15) is 12.6 Å². The molecule has 1 unspecified atom stereocenters. The Morgan fingerprint density at radius 1 is 0.525 bits per heavy atom. The summed E-state index contributed by atoms with van der Waals surface area (Å²) in [5.74, 6) is -2.39. The van der Waals surface area contributed by atoms with Gasteiger partial charge in [-0.05, 0) is 44.9 Å². The number of aliphatic carboxylic acids is 1. The molecule has 0 aliphatic carbocycles. The molecule has 356 valence electrons. The third-order valence-corrected chi connectivity index (χ3v) is 11.6. The SMILES string of the molecule is CC/C=C/C/C=C/C/C=C/CCCCCCCC(=O)O[C@@H](COC(=O)CCCCCCCCCCCCCCCCCCCCCCCC)COP(=O)(O)OC[C@@H](N)C(=O)O. The first-order valence-corrected chi connectivity index (χ1v) is 26.0. The Balaban J connectivity index is 4.22. The molecule has 0 amide bonds. The number of rotatable bonds is 46. The first-order valence-electron chi connectivity index (χ1n) is 24.5. The number of carboxylic acids is 1. The molecule has 0 heterocycles. The minimum absolute atomic E-state index is 0.143. The first-order chi connectivity index (χ1) is 29.6. The van der Waals surface area contributed by atoms with E-state index in [-0.39, 0.29) is 19.4 Å². The van der Waals surface area contributed by atoms with Crippen molar-refractivity contribution in [2.45, 2.75) is 238 Å². The summed E-state index contributed by atoms with van der Waals surface area (Å²) in [4.78, 5) is 46.1. The van der Waals surface area contributed by atoms with E-state index in [9.17, 15) is 23.8 Å². The number of hydrogen-bond acceptors (Lipinski definition) is 9. The summed E-state index contributed by atoms with van der Waals surface area (Å²) in [6, 6.07) is -1.52. The quantitative estimate of drug-likeness (QED) is 0.0230. The molecule has 12 heteroatoms. The van der Waals surface area contributed by atoms with E-state index in [1.165, 1.54) is 116 Å². The summed E-state index contributed by atoms with van der Waals surface area (Å²) in [5, 5.41) is 8.91. The zero-order valence-electron chi connectivity index (χ0n) is 38.8. The minimum atomic E-state index is -4.72. The van der Waals surface area contributed by atoms with Gasteiger partial charge in [-0.15, -0.1) is 0 Å². The van der Waals surface area contributed by atoms with Crippen LogP contribution < -0.4 is 5.73 Å². The summed E-state index contributed by atoms with van der Waals surface area (Å²) < 4.78 is 32.8. The molecule has 0 aromatic rings. The van der Waals surface area contributed by atoms with Gasteiger partial charge in [0.15, 0.2) is 6.10 Å². The number of esters is 2. The predicted octanol–water partition coefficient (Wildman–Crippen LogP) is 13.6. The zero-order valence-corrected chi connectivity index (χ0v) is 39.7. The van der Waals surface area contributed by atoms with Crippen LogP contribution in [0.15, 0.2) is 36.5 Å². The van der Waals surface area contributed by atoms with Crippen molar-refractivity contribution < 1.29 is 47.5 Å². The van der Waals surface area contributed by atoms with Crippen molar-refractivity contribution in [1.82, 2.24) is 0 Å². The Bertz CT molecular complexity index is 1180. The highest BCUT2D eigenvalue weighted by atomic mass is 31.2. The van der Waals surface area contributed by atoms with E-state index in [4.69, 9.17) is 24.8 Å². The van der Waals surface area contributed by atoms with Crippen LogP contribution in [-0.4, -0.2) is 59.9 Å². The van der Waals surface area contributed by atoms with Crippen molar-refractivity contribution in [3.63, 3.8) is 0 Å². The monoisotopic (exact) mass is 884 g/mol. The van der Waals surface area contributed by atoms with Crippen LogP contribution in [0.2, 0.25) is 0 Å². The molecule has 0 aliphatic heterocycles. The topological polar surface area (TPSA) is 172 Å². The summed E-state index contributed by atoms with van der Waals surface area (Å²) in [5.41, 5.74) is 5.34. The molecule has 0 aromatic heterocycles. The molecule has 0 saturated carbocycles. The van der Waals surface area contributed by atoms with E-state index in [1.54, 1.807) is 0 Å². The molecule has 0 spiro atoms. The standard InChI is InChI=1S/C49H90NO10P/c1-3-5-7-9-11-13-15-17-19-20-21-22-23-24-25-27-28-30-32-34-36-38-40-47(51)57-42-45(43-58-61(55,56)59-44-46(50)49(53)54)60-48(52)41-39-37-35-33-31-29-26-18-16-14-12-10-8-6-4-2/h6,8,12,14,18,26,45-46H,3-5,7,9-11,13,15-17,19-25,27-44,50H2,1-2H3,(H,53,54)(H,55,56)/b8-6+,14-12+,26-18+/t45-,46+/m0/s1. The molecule has 0 aromatic carbocycles. The van der Waals surface area contributed by atoms with E-state index >= 15 is 0 Å². The minimum Gasteiger partial charge on any atom is -0.480 e. The van der Waals surface area contributed by atoms with E-state index in [1.807, 2.05) is 0 Å². The highest BCUT2D eigenvalue weighted by molar-refractivity contribution is 7.47. The summed E-state index contributed by atoms with van der Waals surface area (Å²) >= 11 is 0. The first kappa shape index (κ1) is 58.7. The van der Waals surface area contributed by atoms with Crippen LogP contribution in [-0.2, 0) is 37.5 Å². The van der Waals surface area contributed by atoms with Gasteiger partial charge in [-0.25, -0.2) is 4.57 Å². The Kier molecular flexibility index (Phi) is 42.6. The fraction of sp³-hybridized carbons (Fsp3) is 0.816. The lowest BCUT2D eigenvalue weighted by molar-refractivity contribution is -0.161. The van der Waals surface area contributed by atoms with Gasteiger partial charge in [-0.2, -0.15) is 0 Å². The maximum Gasteiger partial charge on any atom is 0.472 e. The van der Waals surface area contributed by atoms with Crippen LogP contribution in [0.3, 0.4) is 0 Å². The maximum absolute atomic E-state index is 12.6. The summed E-state index contributed by atoms with van der Waals surface area (Å²) in [6.07, 6.45) is 49.3. The number of unbranched alkanes of at least 4 members (excludes halogenated alkanes) is 26. The van der Waals surface area contributed by atoms with Crippen molar-refractivity contribution in [3.8, 4) is 0 Å². The van der Waals surface area contributed by atoms with E-state index in [0.29, 0.717) is 12.8 Å². The molecule has 0 aliphatic rings. The number of carbonyl (C=O) groups is 3. The van der Waals surface area contributed by atoms with Crippen molar-refractivity contribution in [2.75, 3.05) is 19.8 Å². The highest BCUT2D eigenvalue weighted by Gasteiger charge is 2.28. The van der Waals surface area contributed by atoms with E-state index < -0.39 is 51.1 Å². The number of phosphoric acid groups is 1. The second kappa shape index (κ2) is 44.3. The summed E-state index contributed by atoms with van der Waals surface area (Å²) in [7, 11) is -4.72. The van der Waals surface area contributed by atoms with Gasteiger partial charge >= 0.3 is 25.7 Å². The highest BCUT2D eigenvalue weighted by Crippen LogP contribution is 2.43. The normalized spacial score (nSPS) is 13.9. The second-order valence-electron chi connectivity index (χ2n) is 16.6. The fourth-order valence-electron chi connectivity index (χ4n) is 6.85. The third kappa shape index (κ3) is 44.1. The average Bonchev–Trinajstić information content (AvgIpc) is 3.24. The number of ether oxygens (including phenoxy) is 2. The second-order valence-corrected chi connectivity index (χ2v) is 18.0. The van der Waals surface area contributed by atoms with Gasteiger partial charge in [-0.3, -0.25) is 23.4 Å². The fourth-order valence-corrected chi connectivity index (χ4v) is 7.62. The predicted molar refractivity (Wildman–Crippen MR) is 249 cm³/mol. The van der Waals surface area contributed by atoms with Gasteiger partial charge in [0.2, 0.25) is 0 Å². The van der Waals surface area contributed by atoms with Crippen LogP contribution in [0, 0.1) is 0 Å². The molecule has 3 atom stereocenters. The van der Waals surface area contributed by atoms with Crippen molar-refractivity contribution in [1.29, 1.82) is 0 Å². The average molecular weight is 884 g/mol. The Morgan fingerprint density at radius 3 is 1.38 bits per heavy atom. The van der Waals surface area contributed by atoms with Gasteiger partial charge in [0.05, 0.1) is 13.2 Å². The van der Waals surface area contributed by atoms with Crippen LogP contribution in [0.25, 0.3) is 0 Å². The molecule has 11 nitrogen and oxygen atoms in total. The van der Waals surface area contributed by atoms with Crippen LogP contribution in [0.1, 0.15) is 226 Å². The lowest BCUT2D eigenvalue weighted by Crippen LogP contribution is -2.34. The number of phosphoric ester groups is 1. The Hall–Kier alpha value is -2.30. The van der Waals surface area contributed by atoms with Gasteiger partial charge in [-0.1, -0.05) is 204 Å². The van der Waals surface area contributed by atoms with Crippen molar-refractivity contribution in [3.05, 3.63) is 36.5 Å². The molecule has 0 rings (SSSR count). The molecule has 0 saturated heterocycles. The van der Waals surface area contributed by atoms with Crippen molar-refractivity contribution >= 4 is 25.7 Å². The van der Waals surface area contributed by atoms with E-state index in [2.05, 4.69) is 54.8 Å². The largest absolute Gasteiger partial charge is 0.480 e. The van der Waals surface area contributed by atoms with Gasteiger partial charge < -0.3 is 25.2 Å². The molecule has 61 heavy (non-hydrogen) atoms. The number of carbonyl (C=O) groups excluding carboxylic acids is 2. The lowest BCUT2D eigenvalue weighted by Gasteiger charge is -2.20. The maximum atomic E-state index is 12.6. The molecule has 0 bridgehead atoms. The van der Waals surface area contributed by atoms with E-state index in [0.717, 1.165) is 70.6 Å². The number of allylic oxidation sites excluding steroid dienone is 6. The molecular weight excluding hydrogens is 794 g/mol. The number of carboxylic acid groups (broad SMARTS) is 1. The van der Waals surface area contributed by atoms with Crippen molar-refractivity contribution in [2.24, 2.45) is 5.73 Å². The number of nitrogens with two attached hydrogens (primary N) is 1.